The first kappa shape index (κ1) is 13.8. The van der Waals surface area contributed by atoms with Crippen LogP contribution in [0.1, 0.15) is 17.6 Å². The molecule has 0 N–H and O–H groups in total. The first-order valence-electron chi connectivity index (χ1n) is 4.16. The van der Waals surface area contributed by atoms with E-state index in [1.54, 1.807) is 0 Å². The van der Waals surface area contributed by atoms with Gasteiger partial charge in [0, 0.05) is 27.9 Å². The second kappa shape index (κ2) is 4.53. The standard InChI is InChI=1S/C8H6ClF2NO4S/c1-4-2-5(8(10)11)7(17(9,15)16)3-6(4)12(13)14/h2-3,8H,1H3. The highest BCUT2D eigenvalue weighted by atomic mass is 35.7. The lowest BCUT2D eigenvalue weighted by molar-refractivity contribution is -0.385. The highest BCUT2D eigenvalue weighted by Gasteiger charge is 2.26. The molecule has 1 rings (SSSR count). The predicted molar refractivity (Wildman–Crippen MR) is 55.8 cm³/mol. The SMILES string of the molecule is Cc1cc(C(F)F)c(S(=O)(=O)Cl)cc1[N+](=O)[O-]. The van der Waals surface area contributed by atoms with Gasteiger partial charge >= 0.3 is 0 Å². The number of rotatable bonds is 3. The molecule has 0 amide bonds. The third-order valence-electron chi connectivity index (χ3n) is 2.02. The van der Waals surface area contributed by atoms with Gasteiger partial charge in [0.1, 0.15) is 0 Å². The van der Waals surface area contributed by atoms with Gasteiger partial charge in [-0.05, 0) is 13.0 Å². The van der Waals surface area contributed by atoms with Crippen LogP contribution in [0.25, 0.3) is 0 Å². The number of hydrogen-bond donors (Lipinski definition) is 0. The molecule has 5 nitrogen and oxygen atoms in total. The van der Waals surface area contributed by atoms with Gasteiger partial charge in [-0.25, -0.2) is 17.2 Å². The van der Waals surface area contributed by atoms with Gasteiger partial charge in [-0.15, -0.1) is 0 Å². The van der Waals surface area contributed by atoms with Crippen molar-refractivity contribution in [2.75, 3.05) is 0 Å². The second-order valence-corrected chi connectivity index (χ2v) is 5.71. The largest absolute Gasteiger partial charge is 0.273 e. The monoisotopic (exact) mass is 285 g/mol. The summed E-state index contributed by atoms with van der Waals surface area (Å²) < 4.78 is 47.3. The molecule has 0 spiro atoms. The van der Waals surface area contributed by atoms with E-state index in [4.69, 9.17) is 10.7 Å². The molecule has 0 atom stereocenters. The fourth-order valence-electron chi connectivity index (χ4n) is 1.28. The van der Waals surface area contributed by atoms with E-state index in [1.807, 2.05) is 0 Å². The van der Waals surface area contributed by atoms with Gasteiger partial charge in [0.2, 0.25) is 0 Å². The molecule has 94 valence electrons. The normalized spacial score (nSPS) is 11.8. The van der Waals surface area contributed by atoms with Crippen molar-refractivity contribution >= 4 is 25.4 Å². The molecule has 1 aromatic carbocycles. The summed E-state index contributed by atoms with van der Waals surface area (Å²) in [4.78, 5) is 8.76. The van der Waals surface area contributed by atoms with Crippen molar-refractivity contribution in [2.45, 2.75) is 18.2 Å². The summed E-state index contributed by atoms with van der Waals surface area (Å²) in [6.07, 6.45) is -3.09. The van der Waals surface area contributed by atoms with Gasteiger partial charge in [0.25, 0.3) is 21.2 Å². The minimum atomic E-state index is -4.46. The third kappa shape index (κ3) is 2.89. The molecule has 1 aromatic rings. The number of nitrogens with zero attached hydrogens (tertiary/aromatic N) is 1. The molecule has 0 fully saturated rings. The number of benzene rings is 1. The quantitative estimate of drug-likeness (QED) is 0.486. The van der Waals surface area contributed by atoms with E-state index in [0.717, 1.165) is 6.07 Å². The lowest BCUT2D eigenvalue weighted by Crippen LogP contribution is -2.02. The van der Waals surface area contributed by atoms with E-state index >= 15 is 0 Å². The summed E-state index contributed by atoms with van der Waals surface area (Å²) in [6.45, 7) is 1.23. The van der Waals surface area contributed by atoms with Gasteiger partial charge in [0.15, 0.2) is 0 Å². The maximum absolute atomic E-state index is 12.6. The van der Waals surface area contributed by atoms with Gasteiger partial charge in [-0.1, -0.05) is 0 Å². The molecular weight excluding hydrogens is 280 g/mol. The molecule has 0 heterocycles. The number of nitro benzene ring substituents is 1. The number of aryl methyl sites for hydroxylation is 1. The summed E-state index contributed by atoms with van der Waals surface area (Å²) in [6, 6.07) is 1.29. The van der Waals surface area contributed by atoms with Crippen molar-refractivity contribution in [3.63, 3.8) is 0 Å². The summed E-state index contributed by atoms with van der Waals surface area (Å²) in [7, 11) is 0.490. The van der Waals surface area contributed by atoms with E-state index < -0.39 is 36.5 Å². The smallest absolute Gasteiger partial charge is 0.258 e. The van der Waals surface area contributed by atoms with Crippen LogP contribution < -0.4 is 0 Å². The fourth-order valence-corrected chi connectivity index (χ4v) is 2.36. The topological polar surface area (TPSA) is 77.3 Å². The fraction of sp³-hybridized carbons (Fsp3) is 0.250. The van der Waals surface area contributed by atoms with Crippen LogP contribution in [-0.4, -0.2) is 13.3 Å². The summed E-state index contributed by atoms with van der Waals surface area (Å²) >= 11 is 0. The Morgan fingerprint density at radius 3 is 2.29 bits per heavy atom. The van der Waals surface area contributed by atoms with Crippen molar-refractivity contribution in [3.8, 4) is 0 Å². The zero-order valence-corrected chi connectivity index (χ0v) is 9.93. The van der Waals surface area contributed by atoms with E-state index in [2.05, 4.69) is 0 Å². The van der Waals surface area contributed by atoms with Gasteiger partial charge in [-0.2, -0.15) is 0 Å². The molecule has 0 unspecified atom stereocenters. The van der Waals surface area contributed by atoms with Crippen LogP contribution in [0, 0.1) is 17.0 Å². The average Bonchev–Trinajstić information content (AvgIpc) is 2.14. The Hall–Kier alpha value is -1.28. The maximum atomic E-state index is 12.6. The molecule has 9 heteroatoms. The summed E-state index contributed by atoms with van der Waals surface area (Å²) in [5.74, 6) is 0. The molecule has 0 bridgehead atoms. The van der Waals surface area contributed by atoms with Crippen LogP contribution in [0.3, 0.4) is 0 Å². The molecule has 0 aliphatic carbocycles. The van der Waals surface area contributed by atoms with Gasteiger partial charge in [-0.3, -0.25) is 10.1 Å². The molecule has 0 aromatic heterocycles. The zero-order valence-electron chi connectivity index (χ0n) is 8.35. The number of alkyl halides is 2. The number of hydrogen-bond acceptors (Lipinski definition) is 4. The van der Waals surface area contributed by atoms with Crippen LogP contribution in [0.15, 0.2) is 17.0 Å². The molecule has 0 saturated heterocycles. The first-order valence-corrected chi connectivity index (χ1v) is 6.47. The summed E-state index contributed by atoms with van der Waals surface area (Å²) in [5.41, 5.74) is -1.48. The lowest BCUT2D eigenvalue weighted by Gasteiger charge is -2.07. The van der Waals surface area contributed by atoms with E-state index in [0.29, 0.717) is 6.07 Å². The molecular formula is C8H6ClF2NO4S. The zero-order chi connectivity index (χ0) is 13.4. The van der Waals surface area contributed by atoms with E-state index in [9.17, 15) is 27.3 Å². The molecule has 17 heavy (non-hydrogen) atoms. The Bertz CT molecular complexity index is 573. The average molecular weight is 286 g/mol. The van der Waals surface area contributed by atoms with Crippen molar-refractivity contribution in [2.24, 2.45) is 0 Å². The molecule has 0 aliphatic rings. The minimum absolute atomic E-state index is 0.0608. The molecule has 0 radical (unpaired) electrons. The van der Waals surface area contributed by atoms with Crippen LogP contribution in [-0.2, 0) is 9.05 Å². The van der Waals surface area contributed by atoms with Crippen LogP contribution >= 0.6 is 10.7 Å². The minimum Gasteiger partial charge on any atom is -0.258 e. The van der Waals surface area contributed by atoms with E-state index in [-0.39, 0.29) is 5.56 Å². The highest BCUT2D eigenvalue weighted by molar-refractivity contribution is 8.13. The highest BCUT2D eigenvalue weighted by Crippen LogP contribution is 2.33. The maximum Gasteiger partial charge on any atom is 0.273 e. The van der Waals surface area contributed by atoms with E-state index in [1.165, 1.54) is 6.92 Å². The third-order valence-corrected chi connectivity index (χ3v) is 3.40. The Kier molecular flexibility index (Phi) is 3.68. The van der Waals surface area contributed by atoms with Crippen molar-refractivity contribution in [3.05, 3.63) is 33.4 Å². The van der Waals surface area contributed by atoms with Crippen molar-refractivity contribution in [1.29, 1.82) is 0 Å². The first-order chi connectivity index (χ1) is 7.64. The van der Waals surface area contributed by atoms with Crippen LogP contribution in [0.4, 0.5) is 14.5 Å². The van der Waals surface area contributed by atoms with Crippen LogP contribution in [0.2, 0.25) is 0 Å². The Morgan fingerprint density at radius 2 is 1.94 bits per heavy atom. The van der Waals surface area contributed by atoms with Gasteiger partial charge < -0.3 is 0 Å². The number of halogens is 3. The van der Waals surface area contributed by atoms with Crippen molar-refractivity contribution in [1.82, 2.24) is 0 Å². The van der Waals surface area contributed by atoms with Crippen molar-refractivity contribution < 1.29 is 22.1 Å². The second-order valence-electron chi connectivity index (χ2n) is 3.17. The lowest BCUT2D eigenvalue weighted by atomic mass is 10.1. The van der Waals surface area contributed by atoms with Gasteiger partial charge in [0.05, 0.1) is 9.82 Å². The predicted octanol–water partition coefficient (Wildman–Crippen LogP) is 2.77. The Morgan fingerprint density at radius 1 is 1.41 bits per heavy atom. The Labute approximate surface area is 99.6 Å². The summed E-state index contributed by atoms with van der Waals surface area (Å²) in [5, 5.41) is 10.6. The van der Waals surface area contributed by atoms with Crippen LogP contribution in [0.5, 0.6) is 0 Å². The Balaban J connectivity index is 3.66. The number of nitro groups is 1. The molecule has 0 saturated carbocycles. The molecule has 0 aliphatic heterocycles.